The van der Waals surface area contributed by atoms with E-state index in [0.29, 0.717) is 6.42 Å². The van der Waals surface area contributed by atoms with Crippen LogP contribution in [0.2, 0.25) is 0 Å². The number of amides is 1. The fraction of sp³-hybridized carbons (Fsp3) is 0.769. The van der Waals surface area contributed by atoms with Crippen molar-refractivity contribution in [3.8, 4) is 0 Å². The summed E-state index contributed by atoms with van der Waals surface area (Å²) in [6.45, 7) is 7.92. The summed E-state index contributed by atoms with van der Waals surface area (Å²) in [6.07, 6.45) is 4.78. The number of nitrogens with zero attached hydrogens (tertiary/aromatic N) is 4. The zero-order valence-electron chi connectivity index (χ0n) is 11.8. The van der Waals surface area contributed by atoms with Gasteiger partial charge in [-0.05, 0) is 39.8 Å². The molecule has 0 radical (unpaired) electrons. The minimum absolute atomic E-state index is 0.0880. The number of carbonyl (C=O) groups is 1. The maximum absolute atomic E-state index is 11.9. The lowest BCUT2D eigenvalue weighted by molar-refractivity contribution is -0.122. The van der Waals surface area contributed by atoms with Crippen molar-refractivity contribution >= 4 is 5.91 Å². The molecule has 1 aromatic heterocycles. The first-order valence-corrected chi connectivity index (χ1v) is 7.10. The Bertz CT molecular complexity index is 411. The first-order valence-electron chi connectivity index (χ1n) is 7.10. The predicted octanol–water partition coefficient (Wildman–Crippen LogP) is 0.961. The van der Waals surface area contributed by atoms with Crippen molar-refractivity contribution in [3.05, 3.63) is 12.2 Å². The molecule has 1 fully saturated rings. The standard InChI is InChI=1S/C13H23N5O/c1-3-18-10-14-16-13(18)11(2)15-12(19)6-9-17-7-4-5-8-17/h10-11H,3-9H2,1-2H3,(H,15,19)/t11-/m1/s1. The quantitative estimate of drug-likeness (QED) is 0.832. The van der Waals surface area contributed by atoms with Gasteiger partial charge in [0.1, 0.15) is 6.33 Å². The van der Waals surface area contributed by atoms with Crippen molar-refractivity contribution in [3.63, 3.8) is 0 Å². The number of nitrogens with one attached hydrogen (secondary N) is 1. The second-order valence-corrected chi connectivity index (χ2v) is 5.06. The third kappa shape index (κ3) is 3.76. The van der Waals surface area contributed by atoms with Crippen LogP contribution in [0.1, 0.15) is 45.0 Å². The third-order valence-electron chi connectivity index (χ3n) is 3.60. The predicted molar refractivity (Wildman–Crippen MR) is 72.5 cm³/mol. The lowest BCUT2D eigenvalue weighted by atomic mass is 10.3. The monoisotopic (exact) mass is 265 g/mol. The Balaban J connectivity index is 1.78. The van der Waals surface area contributed by atoms with E-state index in [9.17, 15) is 4.79 Å². The van der Waals surface area contributed by atoms with Crippen LogP contribution in [-0.4, -0.2) is 45.2 Å². The number of rotatable bonds is 6. The van der Waals surface area contributed by atoms with Crippen LogP contribution in [0.15, 0.2) is 6.33 Å². The van der Waals surface area contributed by atoms with Crippen LogP contribution in [0.5, 0.6) is 0 Å². The molecule has 0 spiro atoms. The summed E-state index contributed by atoms with van der Waals surface area (Å²) in [5.74, 6) is 0.905. The van der Waals surface area contributed by atoms with Crippen LogP contribution < -0.4 is 5.32 Å². The lowest BCUT2D eigenvalue weighted by Gasteiger charge is -2.16. The van der Waals surface area contributed by atoms with Gasteiger partial charge in [0.15, 0.2) is 5.82 Å². The molecule has 19 heavy (non-hydrogen) atoms. The first-order chi connectivity index (χ1) is 9.20. The molecule has 1 N–H and O–H groups in total. The lowest BCUT2D eigenvalue weighted by Crippen LogP contribution is -2.32. The summed E-state index contributed by atoms with van der Waals surface area (Å²) in [4.78, 5) is 14.3. The molecular formula is C13H23N5O. The number of likely N-dealkylation sites (tertiary alicyclic amines) is 1. The van der Waals surface area contributed by atoms with Crippen molar-refractivity contribution in [1.82, 2.24) is 25.0 Å². The Labute approximate surface area is 114 Å². The topological polar surface area (TPSA) is 63.1 Å². The van der Waals surface area contributed by atoms with Crippen molar-refractivity contribution < 1.29 is 4.79 Å². The van der Waals surface area contributed by atoms with Crippen LogP contribution in [-0.2, 0) is 11.3 Å². The fourth-order valence-corrected chi connectivity index (χ4v) is 2.49. The largest absolute Gasteiger partial charge is 0.346 e. The molecule has 1 aromatic rings. The maximum atomic E-state index is 11.9. The molecule has 1 aliphatic heterocycles. The van der Waals surface area contributed by atoms with Gasteiger partial charge in [0.25, 0.3) is 0 Å². The van der Waals surface area contributed by atoms with Gasteiger partial charge in [0.2, 0.25) is 5.91 Å². The van der Waals surface area contributed by atoms with E-state index in [1.54, 1.807) is 6.33 Å². The molecule has 6 heteroatoms. The van der Waals surface area contributed by atoms with E-state index in [0.717, 1.165) is 32.0 Å². The van der Waals surface area contributed by atoms with Gasteiger partial charge in [-0.2, -0.15) is 0 Å². The molecule has 2 rings (SSSR count). The number of aromatic nitrogens is 3. The van der Waals surface area contributed by atoms with Crippen LogP contribution >= 0.6 is 0 Å². The maximum Gasteiger partial charge on any atom is 0.221 e. The summed E-state index contributed by atoms with van der Waals surface area (Å²) in [6, 6.07) is -0.0893. The van der Waals surface area contributed by atoms with Crippen molar-refractivity contribution in [2.45, 2.75) is 45.7 Å². The van der Waals surface area contributed by atoms with Crippen LogP contribution in [0.25, 0.3) is 0 Å². The molecule has 2 heterocycles. The number of aryl methyl sites for hydroxylation is 1. The smallest absolute Gasteiger partial charge is 0.221 e. The average Bonchev–Trinajstić information content (AvgIpc) is 3.07. The van der Waals surface area contributed by atoms with Gasteiger partial charge < -0.3 is 14.8 Å². The van der Waals surface area contributed by atoms with Crippen molar-refractivity contribution in [1.29, 1.82) is 0 Å². The molecule has 1 saturated heterocycles. The number of hydrogen-bond donors (Lipinski definition) is 1. The van der Waals surface area contributed by atoms with E-state index < -0.39 is 0 Å². The van der Waals surface area contributed by atoms with Gasteiger partial charge in [-0.15, -0.1) is 10.2 Å². The summed E-state index contributed by atoms with van der Waals surface area (Å²) in [5, 5.41) is 10.9. The molecule has 0 unspecified atom stereocenters. The number of hydrogen-bond acceptors (Lipinski definition) is 4. The van der Waals surface area contributed by atoms with E-state index in [1.165, 1.54) is 12.8 Å². The summed E-state index contributed by atoms with van der Waals surface area (Å²) in [7, 11) is 0. The zero-order valence-corrected chi connectivity index (χ0v) is 11.8. The van der Waals surface area contributed by atoms with E-state index in [4.69, 9.17) is 0 Å². The Morgan fingerprint density at radius 3 is 2.89 bits per heavy atom. The summed E-state index contributed by atoms with van der Waals surface area (Å²) in [5.41, 5.74) is 0. The highest BCUT2D eigenvalue weighted by Crippen LogP contribution is 2.10. The fourth-order valence-electron chi connectivity index (χ4n) is 2.49. The van der Waals surface area contributed by atoms with E-state index in [-0.39, 0.29) is 11.9 Å². The summed E-state index contributed by atoms with van der Waals surface area (Å²) >= 11 is 0. The molecule has 0 bridgehead atoms. The van der Waals surface area contributed by atoms with E-state index in [1.807, 2.05) is 18.4 Å². The van der Waals surface area contributed by atoms with Gasteiger partial charge in [-0.1, -0.05) is 0 Å². The normalized spacial score (nSPS) is 17.6. The minimum atomic E-state index is -0.0893. The zero-order chi connectivity index (χ0) is 13.7. The van der Waals surface area contributed by atoms with Crippen molar-refractivity contribution in [2.75, 3.05) is 19.6 Å². The first kappa shape index (κ1) is 14.0. The Kier molecular flexibility index (Phi) is 4.90. The molecule has 0 aliphatic carbocycles. The SMILES string of the molecule is CCn1cnnc1[C@@H](C)NC(=O)CCN1CCCC1. The Morgan fingerprint density at radius 1 is 1.47 bits per heavy atom. The second-order valence-electron chi connectivity index (χ2n) is 5.06. The molecule has 106 valence electrons. The highest BCUT2D eigenvalue weighted by atomic mass is 16.1. The molecule has 6 nitrogen and oxygen atoms in total. The van der Waals surface area contributed by atoms with Gasteiger partial charge in [0.05, 0.1) is 6.04 Å². The molecule has 1 aliphatic rings. The highest BCUT2D eigenvalue weighted by Gasteiger charge is 2.17. The Morgan fingerprint density at radius 2 is 2.21 bits per heavy atom. The van der Waals surface area contributed by atoms with Crippen LogP contribution in [0.4, 0.5) is 0 Å². The molecule has 0 aromatic carbocycles. The van der Waals surface area contributed by atoms with Gasteiger partial charge in [-0.25, -0.2) is 0 Å². The van der Waals surface area contributed by atoms with Gasteiger partial charge in [0, 0.05) is 19.5 Å². The third-order valence-corrected chi connectivity index (χ3v) is 3.60. The molecule has 0 saturated carbocycles. The van der Waals surface area contributed by atoms with Gasteiger partial charge in [-0.3, -0.25) is 4.79 Å². The average molecular weight is 265 g/mol. The van der Waals surface area contributed by atoms with E-state index >= 15 is 0 Å². The minimum Gasteiger partial charge on any atom is -0.346 e. The molecule has 1 amide bonds. The Hall–Kier alpha value is -1.43. The van der Waals surface area contributed by atoms with E-state index in [2.05, 4.69) is 20.4 Å². The van der Waals surface area contributed by atoms with Crippen LogP contribution in [0.3, 0.4) is 0 Å². The number of carbonyl (C=O) groups excluding carboxylic acids is 1. The molecular weight excluding hydrogens is 242 g/mol. The highest BCUT2D eigenvalue weighted by molar-refractivity contribution is 5.76. The van der Waals surface area contributed by atoms with Gasteiger partial charge >= 0.3 is 0 Å². The molecule has 1 atom stereocenters. The summed E-state index contributed by atoms with van der Waals surface area (Å²) < 4.78 is 1.95. The van der Waals surface area contributed by atoms with Crippen molar-refractivity contribution in [2.24, 2.45) is 0 Å². The van der Waals surface area contributed by atoms with Crippen LogP contribution in [0, 0.1) is 0 Å². The second kappa shape index (κ2) is 6.65.